The van der Waals surface area contributed by atoms with Crippen molar-refractivity contribution in [2.45, 2.75) is 0 Å². The van der Waals surface area contributed by atoms with Crippen LogP contribution in [0.15, 0.2) is 4.99 Å². The summed E-state index contributed by atoms with van der Waals surface area (Å²) in [6.07, 6.45) is 2.67. The molecule has 0 atom stereocenters. The molecule has 0 saturated carbocycles. The molecule has 0 fully saturated rings. The summed E-state index contributed by atoms with van der Waals surface area (Å²) in [6.45, 7) is 0. The molecule has 43 valence electrons. The van der Waals surface area contributed by atoms with E-state index in [4.69, 9.17) is 0 Å². The first-order chi connectivity index (χ1) is 2.77. The minimum Gasteiger partial charge on any atom is -0.542 e. The number of nitrogens with zero attached hydrogens (tertiary/aromatic N) is 2. The third kappa shape index (κ3) is 10.7. The van der Waals surface area contributed by atoms with E-state index < -0.39 is 0 Å². The summed E-state index contributed by atoms with van der Waals surface area (Å²) in [6, 6.07) is 0. The van der Waals surface area contributed by atoms with Crippen LogP contribution in [0.1, 0.15) is 0 Å². The van der Waals surface area contributed by atoms with Crippen LogP contribution < -0.4 is 0 Å². The van der Waals surface area contributed by atoms with Crippen molar-refractivity contribution in [1.82, 2.24) is 4.90 Å². The molecule has 0 aliphatic carbocycles. The van der Waals surface area contributed by atoms with Crippen molar-refractivity contribution < 1.29 is 19.5 Å². The first-order valence-corrected chi connectivity index (χ1v) is 1.79. The Bertz CT molecular complexity index is 51.7. The number of rotatable bonds is 1. The first kappa shape index (κ1) is 10.2. The second kappa shape index (κ2) is 6.09. The van der Waals surface area contributed by atoms with Crippen molar-refractivity contribution in [1.29, 1.82) is 0 Å². The summed E-state index contributed by atoms with van der Waals surface area (Å²) in [7, 11) is 5.46. The zero-order chi connectivity index (χ0) is 4.99. The quantitative estimate of drug-likeness (QED) is 0.186. The first-order valence-electron chi connectivity index (χ1n) is 1.79. The van der Waals surface area contributed by atoms with E-state index in [9.17, 15) is 0 Å². The van der Waals surface area contributed by atoms with E-state index in [0.29, 0.717) is 0 Å². The Labute approximate surface area is 57.4 Å². The summed E-state index contributed by atoms with van der Waals surface area (Å²) < 4.78 is 0. The average Bonchev–Trinajstić information content (AvgIpc) is 1.35. The molecule has 7 heavy (non-hydrogen) atoms. The van der Waals surface area contributed by atoms with Gasteiger partial charge in [-0.1, -0.05) is 0 Å². The molecule has 0 aliphatic heterocycles. The molecule has 0 aromatic rings. The number of hydrogen-bond acceptors (Lipinski definition) is 1. The van der Waals surface area contributed by atoms with E-state index in [1.54, 1.807) is 11.9 Å². The topological polar surface area (TPSA) is 15.6 Å². The normalized spacial score (nSPS) is 8.43. The van der Waals surface area contributed by atoms with E-state index in [1.807, 2.05) is 14.1 Å². The van der Waals surface area contributed by atoms with E-state index in [2.05, 4.69) is 11.3 Å². The second-order valence-corrected chi connectivity index (χ2v) is 1.22. The van der Waals surface area contributed by atoms with Gasteiger partial charge in [0.15, 0.2) is 0 Å². The third-order valence-electron chi connectivity index (χ3n) is 0.300. The van der Waals surface area contributed by atoms with Gasteiger partial charge in [0, 0.05) is 0 Å². The molecule has 1 radical (unpaired) electrons. The van der Waals surface area contributed by atoms with Gasteiger partial charge in [-0.25, -0.2) is 0 Å². The van der Waals surface area contributed by atoms with Gasteiger partial charge in [-0.2, -0.15) is 0 Å². The fraction of sp³-hybridized carbons (Fsp3) is 0.750. The Kier molecular flexibility index (Phi) is 8.84. The zero-order valence-corrected chi connectivity index (χ0v) is 6.49. The SMILES string of the molecule is CN=[C-]N(C)C.[Ru+]. The molecule has 0 spiro atoms. The van der Waals surface area contributed by atoms with Crippen LogP contribution in [0.2, 0.25) is 0 Å². The summed E-state index contributed by atoms with van der Waals surface area (Å²) >= 11 is 0. The molecule has 0 saturated heterocycles. The predicted molar refractivity (Wildman–Crippen MR) is 27.0 cm³/mol. The number of aliphatic imine (C=N–C) groups is 1. The molecule has 0 bridgehead atoms. The molecule has 0 heterocycles. The number of hydrogen-bond donors (Lipinski definition) is 0. The molecule has 0 aliphatic rings. The summed E-state index contributed by atoms with van der Waals surface area (Å²) in [5.41, 5.74) is 0. The smallest absolute Gasteiger partial charge is 0.542 e. The Morgan fingerprint density at radius 2 is 1.86 bits per heavy atom. The van der Waals surface area contributed by atoms with Crippen LogP contribution in [0.25, 0.3) is 0 Å². The minimum absolute atomic E-state index is 0. The van der Waals surface area contributed by atoms with Gasteiger partial charge in [-0.3, -0.25) is 6.34 Å². The van der Waals surface area contributed by atoms with Crippen molar-refractivity contribution in [3.8, 4) is 0 Å². The van der Waals surface area contributed by atoms with Crippen LogP contribution in [-0.4, -0.2) is 32.4 Å². The molecule has 0 aromatic heterocycles. The fourth-order valence-electron chi connectivity index (χ4n) is 0.200. The molecule has 0 N–H and O–H groups in total. The van der Waals surface area contributed by atoms with E-state index >= 15 is 0 Å². The van der Waals surface area contributed by atoms with Gasteiger partial charge in [0.2, 0.25) is 0 Å². The largest absolute Gasteiger partial charge is 1.00 e. The van der Waals surface area contributed by atoms with Crippen molar-refractivity contribution in [3.05, 3.63) is 0 Å². The fourth-order valence-corrected chi connectivity index (χ4v) is 0.200. The zero-order valence-electron chi connectivity index (χ0n) is 4.75. The van der Waals surface area contributed by atoms with E-state index in [1.165, 1.54) is 0 Å². The van der Waals surface area contributed by atoms with Crippen LogP contribution >= 0.6 is 0 Å². The van der Waals surface area contributed by atoms with Gasteiger partial charge in [0.05, 0.1) is 0 Å². The van der Waals surface area contributed by atoms with Crippen molar-refractivity contribution in [2.24, 2.45) is 4.99 Å². The maximum atomic E-state index is 3.61. The van der Waals surface area contributed by atoms with Crippen molar-refractivity contribution in [2.75, 3.05) is 21.1 Å². The molecule has 0 rings (SSSR count). The van der Waals surface area contributed by atoms with Crippen LogP contribution in [0.3, 0.4) is 0 Å². The molecule has 2 nitrogen and oxygen atoms in total. The summed E-state index contributed by atoms with van der Waals surface area (Å²) in [5.74, 6) is 0. The van der Waals surface area contributed by atoms with Crippen LogP contribution in [0, 0.1) is 0 Å². The monoisotopic (exact) mass is 187 g/mol. The Hall–Kier alpha value is 0.0934. The van der Waals surface area contributed by atoms with Gasteiger partial charge >= 0.3 is 19.5 Å². The molecular weight excluding hydrogens is 177 g/mol. The Morgan fingerprint density at radius 3 is 1.86 bits per heavy atom. The van der Waals surface area contributed by atoms with Crippen molar-refractivity contribution >= 4 is 6.34 Å². The summed E-state index contributed by atoms with van der Waals surface area (Å²) in [4.78, 5) is 5.38. The Morgan fingerprint density at radius 1 is 1.43 bits per heavy atom. The van der Waals surface area contributed by atoms with Gasteiger partial charge in [0.25, 0.3) is 0 Å². The summed E-state index contributed by atoms with van der Waals surface area (Å²) in [5, 5.41) is 0. The van der Waals surface area contributed by atoms with Crippen molar-refractivity contribution in [3.63, 3.8) is 0 Å². The van der Waals surface area contributed by atoms with Gasteiger partial charge in [0.1, 0.15) is 0 Å². The third-order valence-corrected chi connectivity index (χ3v) is 0.300. The van der Waals surface area contributed by atoms with E-state index in [0.717, 1.165) is 0 Å². The van der Waals surface area contributed by atoms with Crippen LogP contribution in [0.4, 0.5) is 0 Å². The van der Waals surface area contributed by atoms with Gasteiger partial charge < -0.3 is 9.89 Å². The molecule has 0 unspecified atom stereocenters. The van der Waals surface area contributed by atoms with E-state index in [-0.39, 0.29) is 19.5 Å². The Balaban J connectivity index is 0. The molecule has 0 aromatic carbocycles. The maximum Gasteiger partial charge on any atom is 1.00 e. The second-order valence-electron chi connectivity index (χ2n) is 1.22. The molecular formula is C4H9N2Ru. The van der Waals surface area contributed by atoms with Gasteiger partial charge in [-0.15, -0.1) is 0 Å². The standard InChI is InChI=1S/C4H9N2.Ru/c1-5-4-6(2)3;/h1-3H3;/q-1;+1. The maximum absolute atomic E-state index is 3.61. The van der Waals surface area contributed by atoms with Crippen LogP contribution in [0.5, 0.6) is 0 Å². The predicted octanol–water partition coefficient (Wildman–Crippen LogP) is 0.0806. The van der Waals surface area contributed by atoms with Crippen LogP contribution in [-0.2, 0) is 19.5 Å². The van der Waals surface area contributed by atoms with Gasteiger partial charge in [-0.05, 0) is 21.1 Å². The average molecular weight is 186 g/mol. The minimum atomic E-state index is 0. The molecule has 3 heteroatoms. The molecule has 0 amide bonds.